The molecular formula is C29H21ClN4O8S2. The van der Waals surface area contributed by atoms with E-state index < -0.39 is 39.7 Å². The maximum Gasteiger partial charge on any atom is 0.305 e. The fourth-order valence-corrected chi connectivity index (χ4v) is 7.93. The highest BCUT2D eigenvalue weighted by Gasteiger charge is 2.57. The molecule has 2 aliphatic rings. The van der Waals surface area contributed by atoms with E-state index in [1.807, 2.05) is 0 Å². The summed E-state index contributed by atoms with van der Waals surface area (Å²) in [4.78, 5) is 67.4. The van der Waals surface area contributed by atoms with Crippen molar-refractivity contribution < 1.29 is 28.8 Å². The number of hydrogen-bond donors (Lipinski definition) is 2. The van der Waals surface area contributed by atoms with Crippen molar-refractivity contribution in [2.75, 3.05) is 23.9 Å². The van der Waals surface area contributed by atoms with Gasteiger partial charge in [-0.05, 0) is 54.6 Å². The van der Waals surface area contributed by atoms with E-state index in [9.17, 15) is 29.3 Å². The zero-order valence-electron chi connectivity index (χ0n) is 22.6. The molecule has 3 amide bonds. The largest absolute Gasteiger partial charge is 0.497 e. The third kappa shape index (κ3) is 5.42. The molecular weight excluding hydrogens is 632 g/mol. The first-order valence-electron chi connectivity index (χ1n) is 13.0. The van der Waals surface area contributed by atoms with E-state index in [0.717, 1.165) is 28.0 Å². The second kappa shape index (κ2) is 11.8. The molecule has 3 atom stereocenters. The number of nitro groups is 1. The van der Waals surface area contributed by atoms with Gasteiger partial charge in [0, 0.05) is 39.2 Å². The molecule has 0 bridgehead atoms. The molecule has 15 heteroatoms. The van der Waals surface area contributed by atoms with Crippen molar-refractivity contribution in [2.45, 2.75) is 16.2 Å². The Morgan fingerprint density at radius 2 is 1.80 bits per heavy atom. The molecule has 3 heterocycles. The number of fused-ring (bicyclic) bond motifs is 2. The average molecular weight is 653 g/mol. The maximum absolute atomic E-state index is 14.0. The molecule has 0 saturated carbocycles. The van der Waals surface area contributed by atoms with Crippen molar-refractivity contribution >= 4 is 69.5 Å². The van der Waals surface area contributed by atoms with Crippen LogP contribution in [0.2, 0.25) is 5.02 Å². The third-order valence-electron chi connectivity index (χ3n) is 7.18. The maximum atomic E-state index is 14.0. The van der Waals surface area contributed by atoms with E-state index >= 15 is 0 Å². The Morgan fingerprint density at radius 1 is 1.07 bits per heavy atom. The summed E-state index contributed by atoms with van der Waals surface area (Å²) < 4.78 is 11.1. The number of aromatic nitrogens is 1. The van der Waals surface area contributed by atoms with Crippen LogP contribution in [-0.2, 0) is 14.4 Å². The number of methoxy groups -OCH3 is 1. The highest BCUT2D eigenvalue weighted by molar-refractivity contribution is 8.00. The summed E-state index contributed by atoms with van der Waals surface area (Å²) in [5.41, 5.74) is 0.960. The molecule has 2 aliphatic heterocycles. The van der Waals surface area contributed by atoms with E-state index in [2.05, 4.69) is 10.3 Å². The lowest BCUT2D eigenvalue weighted by Crippen LogP contribution is -2.32. The van der Waals surface area contributed by atoms with E-state index in [4.69, 9.17) is 21.1 Å². The number of halogens is 1. The lowest BCUT2D eigenvalue weighted by molar-refractivity contribution is -0.384. The zero-order valence-corrected chi connectivity index (χ0v) is 25.0. The number of hydrogen-bond acceptors (Lipinski definition) is 10. The van der Waals surface area contributed by atoms with Crippen LogP contribution in [0, 0.1) is 16.0 Å². The number of benzene rings is 3. The number of non-ortho nitro benzene ring substituents is 1. The highest BCUT2D eigenvalue weighted by atomic mass is 35.5. The molecule has 224 valence electrons. The van der Waals surface area contributed by atoms with Crippen molar-refractivity contribution in [1.82, 2.24) is 4.98 Å². The minimum Gasteiger partial charge on any atom is -0.497 e. The van der Waals surface area contributed by atoms with E-state index in [-0.39, 0.29) is 28.6 Å². The number of thiazole rings is 1. The molecule has 1 aromatic heterocycles. The average Bonchev–Trinajstić information content (AvgIpc) is 3.50. The van der Waals surface area contributed by atoms with Gasteiger partial charge in [-0.2, -0.15) is 0 Å². The Balaban J connectivity index is 1.33. The number of H-pyrrole nitrogens is 1. The molecule has 1 saturated heterocycles. The molecule has 6 rings (SSSR count). The fraction of sp³-hybridized carbons (Fsp3) is 0.172. The van der Waals surface area contributed by atoms with Crippen molar-refractivity contribution in [2.24, 2.45) is 5.92 Å². The number of anilines is 2. The van der Waals surface area contributed by atoms with Crippen LogP contribution in [0.1, 0.15) is 16.4 Å². The van der Waals surface area contributed by atoms with Gasteiger partial charge in [0.1, 0.15) is 16.7 Å². The molecule has 1 fully saturated rings. The number of nitrogens with one attached hydrogen (secondary N) is 2. The van der Waals surface area contributed by atoms with E-state index in [1.165, 1.54) is 31.4 Å². The summed E-state index contributed by atoms with van der Waals surface area (Å²) in [6.45, 7) is -0.381. The number of rotatable bonds is 8. The Kier molecular flexibility index (Phi) is 7.88. The zero-order chi connectivity index (χ0) is 31.1. The van der Waals surface area contributed by atoms with E-state index in [1.54, 1.807) is 42.5 Å². The smallest absolute Gasteiger partial charge is 0.305 e. The summed E-state index contributed by atoms with van der Waals surface area (Å²) >= 11 is 8.40. The minimum atomic E-state index is -0.962. The molecule has 0 aliphatic carbocycles. The number of imide groups is 1. The molecule has 12 nitrogen and oxygen atoms in total. The standard InChI is InChI=1S/C29H21ClN4O8S2/c1-41-18-9-3-15(4-10-18)31-21(35)13-42-20-11-2-14(30)12-19(20)22-23-25(43-26-24(22)44-29(38)32-26)28(37)33(27(23)36)16-5-7-17(8-6-16)34(39)40/h2-12,22-23,25H,13H2,1H3,(H,31,35)(H,32,38). The Labute approximate surface area is 262 Å². The number of nitro benzene ring substituents is 1. The Morgan fingerprint density at radius 3 is 2.48 bits per heavy atom. The molecule has 0 radical (unpaired) electrons. The number of amides is 3. The van der Waals surface area contributed by atoms with Gasteiger partial charge < -0.3 is 19.8 Å². The monoisotopic (exact) mass is 652 g/mol. The summed E-state index contributed by atoms with van der Waals surface area (Å²) in [5, 5.41) is 13.7. The summed E-state index contributed by atoms with van der Waals surface area (Å²) in [6, 6.07) is 16.6. The topological polar surface area (TPSA) is 161 Å². The summed E-state index contributed by atoms with van der Waals surface area (Å²) in [7, 11) is 1.54. The van der Waals surface area contributed by atoms with Crippen LogP contribution < -0.4 is 24.6 Å². The minimum absolute atomic E-state index is 0.186. The first-order valence-corrected chi connectivity index (χ1v) is 15.1. The van der Waals surface area contributed by atoms with Crippen molar-refractivity contribution in [3.8, 4) is 11.5 Å². The summed E-state index contributed by atoms with van der Waals surface area (Å²) in [6.07, 6.45) is 0. The van der Waals surface area contributed by atoms with Gasteiger partial charge in [0.15, 0.2) is 6.61 Å². The van der Waals surface area contributed by atoms with Crippen LogP contribution in [0.15, 0.2) is 76.6 Å². The second-order valence-corrected chi connectivity index (χ2v) is 12.4. The van der Waals surface area contributed by atoms with Crippen LogP contribution >= 0.6 is 34.7 Å². The predicted octanol–water partition coefficient (Wildman–Crippen LogP) is 4.82. The van der Waals surface area contributed by atoms with Gasteiger partial charge in [-0.15, -0.1) is 0 Å². The van der Waals surface area contributed by atoms with Gasteiger partial charge in [-0.3, -0.25) is 29.3 Å². The van der Waals surface area contributed by atoms with Crippen LogP contribution in [0.4, 0.5) is 17.1 Å². The normalized spacial score (nSPS) is 18.9. The second-order valence-electron chi connectivity index (χ2n) is 9.78. The molecule has 0 spiro atoms. The lowest BCUT2D eigenvalue weighted by Gasteiger charge is -2.31. The fourth-order valence-electron chi connectivity index (χ4n) is 5.24. The van der Waals surface area contributed by atoms with Crippen molar-refractivity contribution in [3.05, 3.63) is 102 Å². The van der Waals surface area contributed by atoms with Gasteiger partial charge in [0.25, 0.3) is 11.6 Å². The molecule has 2 N–H and O–H groups in total. The van der Waals surface area contributed by atoms with Crippen LogP contribution in [0.5, 0.6) is 11.5 Å². The molecule has 3 unspecified atom stereocenters. The van der Waals surface area contributed by atoms with Crippen LogP contribution in [0.25, 0.3) is 0 Å². The first kappa shape index (κ1) is 29.4. The highest BCUT2D eigenvalue weighted by Crippen LogP contribution is 2.54. The number of carbonyl (C=O) groups is 3. The summed E-state index contributed by atoms with van der Waals surface area (Å²) in [5.74, 6) is -2.42. The van der Waals surface area contributed by atoms with Gasteiger partial charge in [0.2, 0.25) is 11.8 Å². The van der Waals surface area contributed by atoms with Gasteiger partial charge >= 0.3 is 4.87 Å². The number of carbonyl (C=O) groups excluding carboxylic acids is 3. The quantitative estimate of drug-likeness (QED) is 0.154. The van der Waals surface area contributed by atoms with Crippen LogP contribution in [-0.4, -0.2) is 46.6 Å². The number of thioether (sulfide) groups is 1. The van der Waals surface area contributed by atoms with Gasteiger partial charge in [-0.1, -0.05) is 34.7 Å². The third-order valence-corrected chi connectivity index (χ3v) is 9.82. The predicted molar refractivity (Wildman–Crippen MR) is 164 cm³/mol. The van der Waals surface area contributed by atoms with Crippen molar-refractivity contribution in [1.29, 1.82) is 0 Å². The number of nitrogens with zero attached hydrogens (tertiary/aromatic N) is 2. The Bertz CT molecular complexity index is 1860. The molecule has 3 aromatic carbocycles. The van der Waals surface area contributed by atoms with Crippen LogP contribution in [0.3, 0.4) is 0 Å². The molecule has 4 aromatic rings. The van der Waals surface area contributed by atoms with Gasteiger partial charge in [0.05, 0.1) is 28.7 Å². The number of aromatic amines is 1. The lowest BCUT2D eigenvalue weighted by atomic mass is 9.82. The Hall–Kier alpha value is -4.66. The SMILES string of the molecule is COc1ccc(NC(=O)COc2ccc(Cl)cc2C2c3sc(=O)[nH]c3SC3C(=O)N(c4ccc([N+](=O)[O-])cc4)C(=O)C32)cc1. The van der Waals surface area contributed by atoms with E-state index in [0.29, 0.717) is 31.9 Å². The van der Waals surface area contributed by atoms with Crippen molar-refractivity contribution in [3.63, 3.8) is 0 Å². The van der Waals surface area contributed by atoms with Gasteiger partial charge in [-0.25, -0.2) is 4.90 Å². The first-order chi connectivity index (χ1) is 21.1. The molecule has 44 heavy (non-hydrogen) atoms. The number of ether oxygens (including phenoxy) is 2.